The molecule has 7 heteroatoms. The van der Waals surface area contributed by atoms with Crippen LogP contribution in [0.25, 0.3) is 10.9 Å². The molecule has 4 rings (SSSR count). The third kappa shape index (κ3) is 3.44. The summed E-state index contributed by atoms with van der Waals surface area (Å²) in [6.45, 7) is 2.09. The van der Waals surface area contributed by atoms with Crippen LogP contribution in [0.4, 0.5) is 11.4 Å². The molecule has 0 amide bonds. The molecule has 1 fully saturated rings. The number of fused-ring (bicyclic) bond motifs is 1. The maximum absolute atomic E-state index is 13.1. The maximum Gasteiger partial charge on any atom is 0.424 e. The van der Waals surface area contributed by atoms with Crippen molar-refractivity contribution < 1.29 is 14.2 Å². The van der Waals surface area contributed by atoms with Crippen LogP contribution in [0.2, 0.25) is 0 Å². The number of piperazine rings is 1. The number of hydrogen-bond donors (Lipinski definition) is 1. The SMILES string of the molecule is Nc1c(N2CC[N+](=C=O)CC2)c2ccccc2n(CC(=O)c2ccccc2)c1=O. The van der Waals surface area contributed by atoms with Crippen LogP contribution in [-0.4, -0.2) is 47.2 Å². The quantitative estimate of drug-likeness (QED) is 0.416. The fraction of sp³-hybridized carbons (Fsp3) is 0.227. The molecule has 29 heavy (non-hydrogen) atoms. The van der Waals surface area contributed by atoms with Crippen LogP contribution in [0.15, 0.2) is 59.4 Å². The van der Waals surface area contributed by atoms with Crippen LogP contribution in [-0.2, 0) is 11.3 Å². The van der Waals surface area contributed by atoms with E-state index in [0.29, 0.717) is 42.9 Å². The number of carbonyl (C=O) groups excluding carboxylic acids is 2. The molecule has 0 saturated carbocycles. The van der Waals surface area contributed by atoms with Crippen LogP contribution >= 0.6 is 0 Å². The predicted octanol–water partition coefficient (Wildman–Crippen LogP) is 1.63. The number of ketones is 1. The van der Waals surface area contributed by atoms with Gasteiger partial charge in [-0.15, -0.1) is 4.58 Å². The van der Waals surface area contributed by atoms with Crippen molar-refractivity contribution in [3.63, 3.8) is 0 Å². The lowest BCUT2D eigenvalue weighted by atomic mass is 10.1. The molecule has 2 heterocycles. The molecule has 3 aromatic rings. The van der Waals surface area contributed by atoms with Gasteiger partial charge in [-0.1, -0.05) is 48.5 Å². The Morgan fingerprint density at radius 1 is 1.03 bits per heavy atom. The van der Waals surface area contributed by atoms with Gasteiger partial charge in [0.15, 0.2) is 18.9 Å². The van der Waals surface area contributed by atoms with Crippen molar-refractivity contribution in [2.24, 2.45) is 0 Å². The number of Topliss-reactive ketones (excluding diaryl/α,β-unsaturated/α-hetero) is 1. The molecule has 7 nitrogen and oxygen atoms in total. The van der Waals surface area contributed by atoms with Crippen molar-refractivity contribution in [1.82, 2.24) is 4.57 Å². The van der Waals surface area contributed by atoms with Crippen LogP contribution < -0.4 is 16.2 Å². The second-order valence-electron chi connectivity index (χ2n) is 7.03. The molecule has 1 aliphatic rings. The number of nitrogens with zero attached hydrogens (tertiary/aromatic N) is 3. The largest absolute Gasteiger partial charge is 0.424 e. The number of pyridine rings is 1. The van der Waals surface area contributed by atoms with Crippen molar-refractivity contribution in [3.8, 4) is 0 Å². The van der Waals surface area contributed by atoms with Gasteiger partial charge < -0.3 is 10.6 Å². The molecule has 0 atom stereocenters. The van der Waals surface area contributed by atoms with Crippen molar-refractivity contribution in [2.75, 3.05) is 36.8 Å². The zero-order chi connectivity index (χ0) is 20.4. The maximum atomic E-state index is 13.1. The number of hydrogen-bond acceptors (Lipinski definition) is 5. The number of anilines is 2. The molecule has 0 spiro atoms. The third-order valence-electron chi connectivity index (χ3n) is 5.30. The summed E-state index contributed by atoms with van der Waals surface area (Å²) in [6, 6.07) is 16.3. The fourth-order valence-corrected chi connectivity index (χ4v) is 3.79. The molecular formula is C22H21N4O3+. The van der Waals surface area contributed by atoms with E-state index in [0.717, 1.165) is 5.39 Å². The summed E-state index contributed by atoms with van der Waals surface area (Å²) in [5, 5.41) is 0.814. The van der Waals surface area contributed by atoms with E-state index in [2.05, 4.69) is 0 Å². The summed E-state index contributed by atoms with van der Waals surface area (Å²) < 4.78 is 3.02. The molecule has 1 aromatic heterocycles. The molecule has 0 radical (unpaired) electrons. The Kier molecular flexibility index (Phi) is 4.97. The van der Waals surface area contributed by atoms with E-state index >= 15 is 0 Å². The Morgan fingerprint density at radius 2 is 1.69 bits per heavy atom. The van der Waals surface area contributed by atoms with Gasteiger partial charge in [-0.3, -0.25) is 14.2 Å². The van der Waals surface area contributed by atoms with Crippen molar-refractivity contribution in [2.45, 2.75) is 6.54 Å². The minimum absolute atomic E-state index is 0.0816. The van der Waals surface area contributed by atoms with Gasteiger partial charge in [-0.05, 0) is 6.07 Å². The Labute approximate surface area is 167 Å². The summed E-state index contributed by atoms with van der Waals surface area (Å²) in [5.74, 6) is -0.153. The number of benzene rings is 2. The lowest BCUT2D eigenvalue weighted by molar-refractivity contribution is -0.526. The number of rotatable bonds is 4. The highest BCUT2D eigenvalue weighted by Gasteiger charge is 2.25. The smallest absolute Gasteiger partial charge is 0.393 e. The fourth-order valence-electron chi connectivity index (χ4n) is 3.79. The van der Waals surface area contributed by atoms with Gasteiger partial charge in [0.1, 0.15) is 5.69 Å². The first-order chi connectivity index (χ1) is 14.1. The highest BCUT2D eigenvalue weighted by molar-refractivity contribution is 6.00. The molecule has 2 N–H and O–H groups in total. The summed E-state index contributed by atoms with van der Waals surface area (Å²) in [6.07, 6.45) is 1.91. The zero-order valence-electron chi connectivity index (χ0n) is 15.9. The van der Waals surface area contributed by atoms with E-state index in [4.69, 9.17) is 5.73 Å². The van der Waals surface area contributed by atoms with Crippen LogP contribution in [0.5, 0.6) is 0 Å². The zero-order valence-corrected chi connectivity index (χ0v) is 15.9. The summed E-state index contributed by atoms with van der Waals surface area (Å²) in [7, 11) is 0. The van der Waals surface area contributed by atoms with Crippen LogP contribution in [0, 0.1) is 0 Å². The predicted molar refractivity (Wildman–Crippen MR) is 111 cm³/mol. The van der Waals surface area contributed by atoms with E-state index in [1.807, 2.05) is 41.3 Å². The number of isocyanates is 1. The average Bonchev–Trinajstić information content (AvgIpc) is 2.78. The average molecular weight is 389 g/mol. The highest BCUT2D eigenvalue weighted by atomic mass is 16.1. The molecule has 2 aromatic carbocycles. The molecule has 0 unspecified atom stereocenters. The molecule has 146 valence electrons. The van der Waals surface area contributed by atoms with Gasteiger partial charge in [-0.25, -0.2) is 0 Å². The molecule has 0 aliphatic carbocycles. The molecule has 0 bridgehead atoms. The van der Waals surface area contributed by atoms with E-state index in [1.54, 1.807) is 28.8 Å². The Hall–Kier alpha value is -3.70. The number of para-hydroxylation sites is 1. The monoisotopic (exact) mass is 389 g/mol. The number of carbonyl (C=O) groups is 1. The van der Waals surface area contributed by atoms with Crippen LogP contribution in [0.3, 0.4) is 0 Å². The first-order valence-corrected chi connectivity index (χ1v) is 9.47. The van der Waals surface area contributed by atoms with Gasteiger partial charge in [0.05, 0.1) is 30.8 Å². The Bertz CT molecular complexity index is 1180. The topological polar surface area (TPSA) is 88.4 Å². The summed E-state index contributed by atoms with van der Waals surface area (Å²) >= 11 is 0. The molecule has 1 aliphatic heterocycles. The van der Waals surface area contributed by atoms with E-state index in [-0.39, 0.29) is 23.6 Å². The third-order valence-corrected chi connectivity index (χ3v) is 5.30. The second kappa shape index (κ2) is 7.73. The van der Waals surface area contributed by atoms with E-state index < -0.39 is 0 Å². The van der Waals surface area contributed by atoms with E-state index in [1.165, 1.54) is 4.57 Å². The minimum atomic E-state index is -0.382. The normalized spacial score (nSPS) is 14.1. The summed E-state index contributed by atoms with van der Waals surface area (Å²) in [4.78, 5) is 38.7. The Morgan fingerprint density at radius 3 is 2.38 bits per heavy atom. The van der Waals surface area contributed by atoms with Gasteiger partial charge in [0.2, 0.25) is 0 Å². The Balaban J connectivity index is 1.80. The second-order valence-corrected chi connectivity index (χ2v) is 7.03. The van der Waals surface area contributed by atoms with Crippen LogP contribution in [0.1, 0.15) is 10.4 Å². The lowest BCUT2D eigenvalue weighted by Crippen LogP contribution is -2.43. The lowest BCUT2D eigenvalue weighted by Gasteiger charge is -2.29. The minimum Gasteiger partial charge on any atom is -0.393 e. The summed E-state index contributed by atoms with van der Waals surface area (Å²) in [5.41, 5.74) is 7.90. The number of nitrogen functional groups attached to an aromatic ring is 1. The first-order valence-electron chi connectivity index (χ1n) is 9.47. The van der Waals surface area contributed by atoms with Crippen molar-refractivity contribution in [1.29, 1.82) is 0 Å². The number of nitrogens with two attached hydrogens (primary N) is 1. The van der Waals surface area contributed by atoms with E-state index in [9.17, 15) is 14.4 Å². The first kappa shape index (κ1) is 18.7. The number of aromatic nitrogens is 1. The van der Waals surface area contributed by atoms with Gasteiger partial charge >= 0.3 is 6.08 Å². The standard InChI is InChI=1S/C22H21N4O3/c23-20-21(25-12-10-24(15-27)11-13-25)17-8-4-5-9-18(17)26(22(20)29)14-19(28)16-6-2-1-3-7-16/h1-9H,10-14,23H2/q+1. The van der Waals surface area contributed by atoms with Gasteiger partial charge in [-0.2, -0.15) is 4.79 Å². The van der Waals surface area contributed by atoms with Crippen molar-refractivity contribution in [3.05, 3.63) is 70.5 Å². The molecule has 1 saturated heterocycles. The van der Waals surface area contributed by atoms with Gasteiger partial charge in [0, 0.05) is 10.9 Å². The highest BCUT2D eigenvalue weighted by Crippen LogP contribution is 2.31. The van der Waals surface area contributed by atoms with Crippen molar-refractivity contribution >= 4 is 34.1 Å². The molecular weight excluding hydrogens is 368 g/mol. The van der Waals surface area contributed by atoms with Gasteiger partial charge in [0.25, 0.3) is 5.56 Å².